The molecule has 27 heavy (non-hydrogen) atoms. The molecule has 1 unspecified atom stereocenters. The zero-order valence-corrected chi connectivity index (χ0v) is 15.1. The van der Waals surface area contributed by atoms with Crippen LogP contribution in [0, 0.1) is 11.6 Å². The Labute approximate surface area is 157 Å². The molecule has 1 aliphatic rings. The lowest BCUT2D eigenvalue weighted by molar-refractivity contribution is 0.510. The smallest absolute Gasteiger partial charge is 0.191 e. The van der Waals surface area contributed by atoms with Crippen molar-refractivity contribution in [3.63, 3.8) is 0 Å². The summed E-state index contributed by atoms with van der Waals surface area (Å²) in [6.07, 6.45) is 4.86. The SMILES string of the molecule is C=CCNC(=NCCc1ccco1)NC1CCN(c2c(F)cccc2F)C1. The van der Waals surface area contributed by atoms with E-state index in [9.17, 15) is 8.78 Å². The molecule has 2 aromatic rings. The molecule has 0 bridgehead atoms. The van der Waals surface area contributed by atoms with Crippen LogP contribution in [0.15, 0.2) is 58.7 Å². The van der Waals surface area contributed by atoms with Crippen molar-refractivity contribution < 1.29 is 13.2 Å². The number of hydrogen-bond donors (Lipinski definition) is 2. The Balaban J connectivity index is 1.59. The number of guanidine groups is 1. The lowest BCUT2D eigenvalue weighted by atomic mass is 10.2. The predicted molar refractivity (Wildman–Crippen MR) is 103 cm³/mol. The van der Waals surface area contributed by atoms with E-state index in [0.717, 1.165) is 12.2 Å². The number of aliphatic imine (C=N–C) groups is 1. The van der Waals surface area contributed by atoms with E-state index >= 15 is 0 Å². The third-order valence-corrected chi connectivity index (χ3v) is 4.40. The number of nitrogens with one attached hydrogen (secondary N) is 2. The molecule has 0 amide bonds. The summed E-state index contributed by atoms with van der Waals surface area (Å²) in [7, 11) is 0. The Kier molecular flexibility index (Phi) is 6.46. The Bertz CT molecular complexity index is 756. The van der Waals surface area contributed by atoms with Crippen molar-refractivity contribution in [2.75, 3.05) is 31.1 Å². The average Bonchev–Trinajstić information content (AvgIpc) is 3.32. The molecule has 0 spiro atoms. The minimum absolute atomic E-state index is 0.0390. The molecule has 5 nitrogen and oxygen atoms in total. The Hall–Kier alpha value is -2.83. The van der Waals surface area contributed by atoms with Crippen LogP contribution in [0.1, 0.15) is 12.2 Å². The third kappa shape index (κ3) is 5.09. The monoisotopic (exact) mass is 374 g/mol. The highest BCUT2D eigenvalue weighted by atomic mass is 19.1. The number of furan rings is 1. The summed E-state index contributed by atoms with van der Waals surface area (Å²) in [4.78, 5) is 6.28. The normalized spacial score (nSPS) is 17.2. The van der Waals surface area contributed by atoms with Gasteiger partial charge in [0.05, 0.1) is 6.26 Å². The molecular formula is C20H24F2N4O. The highest BCUT2D eigenvalue weighted by Crippen LogP contribution is 2.26. The summed E-state index contributed by atoms with van der Waals surface area (Å²) in [6.45, 7) is 5.93. The Morgan fingerprint density at radius 2 is 2.11 bits per heavy atom. The number of para-hydroxylation sites is 1. The Morgan fingerprint density at radius 1 is 1.30 bits per heavy atom. The van der Waals surface area contributed by atoms with E-state index in [0.29, 0.717) is 38.6 Å². The maximum absolute atomic E-state index is 14.0. The van der Waals surface area contributed by atoms with E-state index < -0.39 is 11.6 Å². The Morgan fingerprint density at radius 3 is 2.81 bits per heavy atom. The first-order valence-corrected chi connectivity index (χ1v) is 9.04. The van der Waals surface area contributed by atoms with Gasteiger partial charge in [0.2, 0.25) is 0 Å². The van der Waals surface area contributed by atoms with E-state index in [-0.39, 0.29) is 11.7 Å². The summed E-state index contributed by atoms with van der Waals surface area (Å²) in [6, 6.07) is 7.76. The van der Waals surface area contributed by atoms with Gasteiger partial charge in [-0.1, -0.05) is 12.1 Å². The van der Waals surface area contributed by atoms with Crippen LogP contribution in [-0.2, 0) is 6.42 Å². The first kappa shape index (κ1) is 18.9. The van der Waals surface area contributed by atoms with Crippen molar-refractivity contribution >= 4 is 11.6 Å². The summed E-state index contributed by atoms with van der Waals surface area (Å²) in [5.74, 6) is 0.465. The number of nitrogens with zero attached hydrogens (tertiary/aromatic N) is 2. The van der Waals surface area contributed by atoms with Crippen LogP contribution < -0.4 is 15.5 Å². The van der Waals surface area contributed by atoms with Crippen LogP contribution >= 0.6 is 0 Å². The number of hydrogen-bond acceptors (Lipinski definition) is 3. The van der Waals surface area contributed by atoms with Crippen LogP contribution in [-0.4, -0.2) is 38.2 Å². The maximum atomic E-state index is 14.0. The topological polar surface area (TPSA) is 52.8 Å². The average molecular weight is 374 g/mol. The molecule has 1 fully saturated rings. The summed E-state index contributed by atoms with van der Waals surface area (Å²) >= 11 is 0. The minimum Gasteiger partial charge on any atom is -0.469 e. The lowest BCUT2D eigenvalue weighted by Crippen LogP contribution is -2.45. The van der Waals surface area contributed by atoms with E-state index in [1.165, 1.54) is 18.2 Å². The van der Waals surface area contributed by atoms with Gasteiger partial charge in [-0.25, -0.2) is 8.78 Å². The minimum atomic E-state index is -0.534. The van der Waals surface area contributed by atoms with Crippen LogP contribution in [0.3, 0.4) is 0 Å². The van der Waals surface area contributed by atoms with Gasteiger partial charge in [-0.2, -0.15) is 0 Å². The van der Waals surface area contributed by atoms with E-state index in [4.69, 9.17) is 4.42 Å². The largest absolute Gasteiger partial charge is 0.469 e. The summed E-state index contributed by atoms with van der Waals surface area (Å²) < 4.78 is 33.3. The second-order valence-electron chi connectivity index (χ2n) is 6.38. The molecule has 1 aromatic carbocycles. The number of halogens is 2. The fourth-order valence-electron chi connectivity index (χ4n) is 3.12. The standard InChI is InChI=1S/C20H24F2N4O/c1-2-10-23-20(24-11-8-16-5-4-13-27-16)25-15-9-12-26(14-15)19-17(21)6-3-7-18(19)22/h2-7,13,15H,1,8-12,14H2,(H2,23,24,25). The van der Waals surface area contributed by atoms with Crippen molar-refractivity contribution in [3.05, 3.63) is 66.6 Å². The second-order valence-corrected chi connectivity index (χ2v) is 6.38. The van der Waals surface area contributed by atoms with Crippen molar-refractivity contribution in [3.8, 4) is 0 Å². The predicted octanol–water partition coefficient (Wildman–Crippen LogP) is 3.10. The molecule has 2 N–H and O–H groups in total. The van der Waals surface area contributed by atoms with Gasteiger partial charge in [-0.15, -0.1) is 6.58 Å². The molecule has 144 valence electrons. The lowest BCUT2D eigenvalue weighted by Gasteiger charge is -2.21. The van der Waals surface area contributed by atoms with Crippen LogP contribution in [0.2, 0.25) is 0 Å². The molecule has 0 radical (unpaired) electrons. The fraction of sp³-hybridized carbons (Fsp3) is 0.350. The van der Waals surface area contributed by atoms with Crippen molar-refractivity contribution in [2.24, 2.45) is 4.99 Å². The summed E-state index contributed by atoms with van der Waals surface area (Å²) in [5.41, 5.74) is 0.0390. The quantitative estimate of drug-likeness (QED) is 0.444. The highest BCUT2D eigenvalue weighted by molar-refractivity contribution is 5.80. The third-order valence-electron chi connectivity index (χ3n) is 4.40. The molecule has 7 heteroatoms. The molecule has 0 aliphatic carbocycles. The van der Waals surface area contributed by atoms with Crippen molar-refractivity contribution in [1.82, 2.24) is 10.6 Å². The van der Waals surface area contributed by atoms with Crippen molar-refractivity contribution in [2.45, 2.75) is 18.9 Å². The van der Waals surface area contributed by atoms with E-state index in [1.807, 2.05) is 12.1 Å². The van der Waals surface area contributed by atoms with Gasteiger partial charge >= 0.3 is 0 Å². The molecular weight excluding hydrogens is 350 g/mol. The van der Waals surface area contributed by atoms with Gasteiger partial charge in [0.1, 0.15) is 23.1 Å². The van der Waals surface area contributed by atoms with Gasteiger partial charge in [-0.05, 0) is 30.7 Å². The van der Waals surface area contributed by atoms with Crippen molar-refractivity contribution in [1.29, 1.82) is 0 Å². The fourth-order valence-corrected chi connectivity index (χ4v) is 3.12. The van der Waals surface area contributed by atoms with Crippen LogP contribution in [0.5, 0.6) is 0 Å². The highest BCUT2D eigenvalue weighted by Gasteiger charge is 2.27. The molecule has 2 heterocycles. The van der Waals surface area contributed by atoms with Crippen LogP contribution in [0.4, 0.5) is 14.5 Å². The maximum Gasteiger partial charge on any atom is 0.191 e. The molecule has 1 aromatic heterocycles. The zero-order valence-electron chi connectivity index (χ0n) is 15.1. The van der Waals surface area contributed by atoms with Gasteiger partial charge in [0.25, 0.3) is 0 Å². The van der Waals surface area contributed by atoms with E-state index in [2.05, 4.69) is 22.2 Å². The first-order valence-electron chi connectivity index (χ1n) is 9.04. The first-order chi connectivity index (χ1) is 13.2. The van der Waals surface area contributed by atoms with Gasteiger partial charge in [-0.3, -0.25) is 4.99 Å². The molecule has 1 saturated heterocycles. The summed E-state index contributed by atoms with van der Waals surface area (Å²) in [5, 5.41) is 6.52. The number of anilines is 1. The molecule has 1 aliphatic heterocycles. The van der Waals surface area contributed by atoms with Gasteiger partial charge < -0.3 is 20.0 Å². The van der Waals surface area contributed by atoms with Gasteiger partial charge in [0, 0.05) is 38.6 Å². The van der Waals surface area contributed by atoms with Crippen LogP contribution in [0.25, 0.3) is 0 Å². The second kappa shape index (κ2) is 9.21. The zero-order chi connectivity index (χ0) is 19.1. The van der Waals surface area contributed by atoms with E-state index in [1.54, 1.807) is 17.2 Å². The molecule has 0 saturated carbocycles. The number of benzene rings is 1. The van der Waals surface area contributed by atoms with Gasteiger partial charge in [0.15, 0.2) is 5.96 Å². The molecule has 1 atom stereocenters. The molecule has 3 rings (SSSR count). The number of rotatable bonds is 7.